The third-order valence-corrected chi connectivity index (χ3v) is 6.71. The minimum atomic E-state index is -0.891. The normalized spacial score (nSPS) is 16.3. The molecular weight excluding hydrogens is 420 g/mol. The first-order valence-corrected chi connectivity index (χ1v) is 11.6. The Morgan fingerprint density at radius 2 is 1.67 bits per heavy atom. The zero-order valence-corrected chi connectivity index (χ0v) is 18.8. The fourth-order valence-corrected chi connectivity index (χ4v) is 4.46. The van der Waals surface area contributed by atoms with Crippen LogP contribution in [0.3, 0.4) is 0 Å². The van der Waals surface area contributed by atoms with E-state index in [1.54, 1.807) is 0 Å². The van der Waals surface area contributed by atoms with Crippen molar-refractivity contribution in [1.29, 1.82) is 0 Å². The van der Waals surface area contributed by atoms with Gasteiger partial charge in [0.15, 0.2) is 0 Å². The van der Waals surface area contributed by atoms with Crippen molar-refractivity contribution in [3.8, 4) is 11.1 Å². The number of nitrogens with one attached hydrogen (secondary N) is 2. The number of alkyl carbamates (subject to hydrolysis) is 1. The van der Waals surface area contributed by atoms with Gasteiger partial charge in [0.25, 0.3) is 0 Å². The number of ether oxygens (including phenoxy) is 1. The van der Waals surface area contributed by atoms with Crippen molar-refractivity contribution in [3.05, 3.63) is 59.7 Å². The Bertz CT molecular complexity index is 1000. The highest BCUT2D eigenvalue weighted by atomic mass is 16.5. The molecule has 0 saturated heterocycles. The van der Waals surface area contributed by atoms with Crippen molar-refractivity contribution >= 4 is 18.0 Å². The van der Waals surface area contributed by atoms with E-state index in [4.69, 9.17) is 4.74 Å². The smallest absolute Gasteiger partial charge is 0.407 e. The molecule has 2 aromatic rings. The summed E-state index contributed by atoms with van der Waals surface area (Å²) in [6.45, 7) is 2.26. The summed E-state index contributed by atoms with van der Waals surface area (Å²) in [7, 11) is 0. The van der Waals surface area contributed by atoms with Crippen LogP contribution in [0, 0.1) is 5.41 Å². The lowest BCUT2D eigenvalue weighted by molar-refractivity contribution is -0.143. The van der Waals surface area contributed by atoms with Crippen LogP contribution in [0.4, 0.5) is 4.79 Å². The molecule has 2 amide bonds. The second-order valence-corrected chi connectivity index (χ2v) is 8.97. The molecule has 0 bridgehead atoms. The molecule has 0 unspecified atom stereocenters. The van der Waals surface area contributed by atoms with E-state index in [1.807, 2.05) is 31.2 Å². The highest BCUT2D eigenvalue weighted by Gasteiger charge is 2.50. The number of unbranched alkanes of at least 4 members (excludes halogenated alkanes) is 1. The van der Waals surface area contributed by atoms with E-state index in [1.165, 1.54) is 0 Å². The quantitative estimate of drug-likeness (QED) is 0.506. The first-order chi connectivity index (χ1) is 15.9. The molecule has 4 rings (SSSR count). The van der Waals surface area contributed by atoms with E-state index in [-0.39, 0.29) is 25.0 Å². The molecule has 2 aliphatic carbocycles. The summed E-state index contributed by atoms with van der Waals surface area (Å²) in [6, 6.07) is 15.4. The Hall–Kier alpha value is -3.35. The highest BCUT2D eigenvalue weighted by Crippen LogP contribution is 2.45. The number of benzene rings is 2. The number of amides is 2. The van der Waals surface area contributed by atoms with Crippen LogP contribution in [-0.4, -0.2) is 42.3 Å². The third-order valence-electron chi connectivity index (χ3n) is 6.71. The number of carboxylic acids is 1. The van der Waals surface area contributed by atoms with Gasteiger partial charge in [-0.2, -0.15) is 0 Å². The molecule has 0 heterocycles. The number of carbonyl (C=O) groups excluding carboxylic acids is 2. The number of carbonyl (C=O) groups is 3. The fraction of sp³-hybridized carbons (Fsp3) is 0.423. The lowest BCUT2D eigenvalue weighted by Gasteiger charge is -2.20. The molecule has 1 saturated carbocycles. The van der Waals surface area contributed by atoms with Gasteiger partial charge in [-0.25, -0.2) is 4.79 Å². The zero-order chi connectivity index (χ0) is 23.4. The summed E-state index contributed by atoms with van der Waals surface area (Å²) in [4.78, 5) is 36.7. The Morgan fingerprint density at radius 1 is 1.06 bits per heavy atom. The van der Waals surface area contributed by atoms with Gasteiger partial charge in [0.05, 0.1) is 5.41 Å². The molecular formula is C26H30N2O5. The van der Waals surface area contributed by atoms with E-state index < -0.39 is 23.5 Å². The van der Waals surface area contributed by atoms with Crippen LogP contribution in [0.5, 0.6) is 0 Å². The van der Waals surface area contributed by atoms with E-state index >= 15 is 0 Å². The second kappa shape index (κ2) is 9.65. The zero-order valence-electron chi connectivity index (χ0n) is 18.8. The summed E-state index contributed by atoms with van der Waals surface area (Å²) in [5.41, 5.74) is 3.68. The van der Waals surface area contributed by atoms with E-state index in [2.05, 4.69) is 34.9 Å². The summed E-state index contributed by atoms with van der Waals surface area (Å²) in [5, 5.41) is 14.7. The predicted octanol–water partition coefficient (Wildman–Crippen LogP) is 4.06. The fourth-order valence-electron chi connectivity index (χ4n) is 4.46. The number of hydrogen-bond acceptors (Lipinski definition) is 4. The van der Waals surface area contributed by atoms with E-state index in [0.717, 1.165) is 35.1 Å². The molecule has 2 aliphatic rings. The summed E-state index contributed by atoms with van der Waals surface area (Å²) < 4.78 is 5.57. The standard InChI is InChI=1S/C26H30N2O5/c1-2-3-12-22(23(29)27-16-26(13-14-26)24(30)31)28-25(32)33-15-21-19-10-6-4-8-17(19)18-9-5-7-11-20(18)21/h4-11,21-22H,2-3,12-16H2,1H3,(H,27,29)(H,28,32)(H,30,31)/t22-/m0/s1. The number of hydrogen-bond donors (Lipinski definition) is 3. The van der Waals surface area contributed by atoms with Crippen LogP contribution in [0.1, 0.15) is 56.1 Å². The minimum Gasteiger partial charge on any atom is -0.481 e. The predicted molar refractivity (Wildman–Crippen MR) is 124 cm³/mol. The third kappa shape index (κ3) is 4.87. The molecule has 0 radical (unpaired) electrons. The molecule has 33 heavy (non-hydrogen) atoms. The van der Waals surface area contributed by atoms with Gasteiger partial charge in [0.2, 0.25) is 5.91 Å². The Balaban J connectivity index is 1.37. The van der Waals surface area contributed by atoms with Crippen molar-refractivity contribution in [1.82, 2.24) is 10.6 Å². The number of rotatable bonds is 10. The van der Waals surface area contributed by atoms with Crippen molar-refractivity contribution in [2.45, 2.75) is 51.0 Å². The van der Waals surface area contributed by atoms with Crippen LogP contribution in [0.2, 0.25) is 0 Å². The van der Waals surface area contributed by atoms with Crippen LogP contribution in [0.15, 0.2) is 48.5 Å². The molecule has 0 aliphatic heterocycles. The first-order valence-electron chi connectivity index (χ1n) is 11.6. The number of fused-ring (bicyclic) bond motifs is 3. The summed E-state index contributed by atoms with van der Waals surface area (Å²) in [6.07, 6.45) is 2.56. The molecule has 3 N–H and O–H groups in total. The molecule has 174 valence electrons. The second-order valence-electron chi connectivity index (χ2n) is 8.97. The average molecular weight is 451 g/mol. The Labute approximate surface area is 193 Å². The molecule has 2 aromatic carbocycles. The van der Waals surface area contributed by atoms with Crippen molar-refractivity contribution in [2.75, 3.05) is 13.2 Å². The maximum Gasteiger partial charge on any atom is 0.407 e. The molecule has 0 spiro atoms. The molecule has 1 fully saturated rings. The lowest BCUT2D eigenvalue weighted by Crippen LogP contribution is -2.48. The monoisotopic (exact) mass is 450 g/mol. The molecule has 0 aromatic heterocycles. The van der Waals surface area contributed by atoms with E-state index in [9.17, 15) is 19.5 Å². The molecule has 7 nitrogen and oxygen atoms in total. The van der Waals surface area contributed by atoms with Gasteiger partial charge in [-0.1, -0.05) is 68.3 Å². The van der Waals surface area contributed by atoms with Crippen molar-refractivity contribution in [3.63, 3.8) is 0 Å². The largest absolute Gasteiger partial charge is 0.481 e. The van der Waals surface area contributed by atoms with Crippen molar-refractivity contribution < 1.29 is 24.2 Å². The van der Waals surface area contributed by atoms with Crippen LogP contribution >= 0.6 is 0 Å². The maximum atomic E-state index is 12.7. The molecule has 1 atom stereocenters. The van der Waals surface area contributed by atoms with Crippen LogP contribution < -0.4 is 10.6 Å². The topological polar surface area (TPSA) is 105 Å². The number of aliphatic carboxylic acids is 1. The maximum absolute atomic E-state index is 12.7. The number of carboxylic acid groups (broad SMARTS) is 1. The minimum absolute atomic E-state index is 0.0589. The first kappa shape index (κ1) is 22.8. The van der Waals surface area contributed by atoms with Crippen molar-refractivity contribution in [2.24, 2.45) is 5.41 Å². The van der Waals surface area contributed by atoms with Gasteiger partial charge in [-0.15, -0.1) is 0 Å². The SMILES string of the molecule is CCCC[C@H](NC(=O)OCC1c2ccccc2-c2ccccc21)C(=O)NCC1(C(=O)O)CC1. The van der Waals surface area contributed by atoms with Gasteiger partial charge >= 0.3 is 12.1 Å². The Morgan fingerprint density at radius 3 is 2.21 bits per heavy atom. The van der Waals surface area contributed by atoms with Gasteiger partial charge in [0.1, 0.15) is 12.6 Å². The van der Waals surface area contributed by atoms with Crippen LogP contribution in [0.25, 0.3) is 11.1 Å². The van der Waals surface area contributed by atoms with E-state index in [0.29, 0.717) is 19.3 Å². The highest BCUT2D eigenvalue weighted by molar-refractivity contribution is 5.87. The van der Waals surface area contributed by atoms with Crippen LogP contribution in [-0.2, 0) is 14.3 Å². The average Bonchev–Trinajstić information content (AvgIpc) is 3.56. The van der Waals surface area contributed by atoms with Gasteiger partial charge in [-0.05, 0) is 41.5 Å². The lowest BCUT2D eigenvalue weighted by atomic mass is 9.98. The van der Waals surface area contributed by atoms with Gasteiger partial charge < -0.3 is 20.5 Å². The van der Waals surface area contributed by atoms with Gasteiger partial charge in [0, 0.05) is 12.5 Å². The summed E-state index contributed by atoms with van der Waals surface area (Å²) >= 11 is 0. The van der Waals surface area contributed by atoms with Gasteiger partial charge in [-0.3, -0.25) is 9.59 Å². The molecule has 7 heteroatoms. The Kier molecular flexibility index (Phi) is 6.67. The summed E-state index contributed by atoms with van der Waals surface area (Å²) in [5.74, 6) is -1.32.